The average Bonchev–Trinajstić information content (AvgIpc) is 3.09. The molecule has 2 aromatic rings. The highest BCUT2D eigenvalue weighted by molar-refractivity contribution is 6.30. The van der Waals surface area contributed by atoms with Gasteiger partial charge in [0.15, 0.2) is 0 Å². The highest BCUT2D eigenvalue weighted by Crippen LogP contribution is 2.48. The van der Waals surface area contributed by atoms with Crippen LogP contribution in [0.5, 0.6) is 0 Å². The first-order valence-electron chi connectivity index (χ1n) is 7.38. The van der Waals surface area contributed by atoms with E-state index in [1.165, 1.54) is 0 Å². The Labute approximate surface area is 139 Å². The van der Waals surface area contributed by atoms with Gasteiger partial charge in [-0.2, -0.15) is 0 Å². The Hall–Kier alpha value is -2.25. The van der Waals surface area contributed by atoms with Gasteiger partial charge in [-0.05, 0) is 41.3 Å². The van der Waals surface area contributed by atoms with Gasteiger partial charge < -0.3 is 5.11 Å². The highest BCUT2D eigenvalue weighted by Gasteiger charge is 2.46. The van der Waals surface area contributed by atoms with Crippen molar-refractivity contribution in [3.05, 3.63) is 82.0 Å². The molecule has 0 amide bonds. The van der Waals surface area contributed by atoms with Crippen LogP contribution < -0.4 is 5.48 Å². The molecule has 0 aromatic heterocycles. The van der Waals surface area contributed by atoms with E-state index in [4.69, 9.17) is 16.4 Å². The van der Waals surface area contributed by atoms with E-state index in [9.17, 15) is 5.11 Å². The fourth-order valence-electron chi connectivity index (χ4n) is 3.12. The fraction of sp³-hybridized carbons (Fsp3) is 0.158. The van der Waals surface area contributed by atoms with E-state index >= 15 is 0 Å². The Bertz CT molecular complexity index is 865. The number of allylic oxidation sites excluding steroid dienone is 1. The number of hydrogen-bond donors (Lipinski definition) is 2. The third-order valence-electron chi connectivity index (χ3n) is 4.16. The molecule has 2 aliphatic rings. The zero-order chi connectivity index (χ0) is 15.9. The minimum Gasteiger partial charge on any atom is -0.388 e. The molecule has 4 heteroatoms. The van der Waals surface area contributed by atoms with E-state index in [0.717, 1.165) is 16.7 Å². The van der Waals surface area contributed by atoms with Crippen LogP contribution in [-0.4, -0.2) is 5.11 Å². The van der Waals surface area contributed by atoms with E-state index < -0.39 is 11.7 Å². The number of aliphatic hydroxyl groups excluding tert-OH is 1. The molecule has 0 saturated heterocycles. The van der Waals surface area contributed by atoms with Gasteiger partial charge in [-0.15, -0.1) is 0 Å². The second kappa shape index (κ2) is 5.43. The molecule has 2 aromatic carbocycles. The van der Waals surface area contributed by atoms with Crippen molar-refractivity contribution in [1.82, 2.24) is 5.48 Å². The number of rotatable bonds is 0. The minimum atomic E-state index is -0.644. The molecule has 0 radical (unpaired) electrons. The van der Waals surface area contributed by atoms with E-state index in [2.05, 4.69) is 17.3 Å². The Morgan fingerprint density at radius 3 is 2.91 bits per heavy atom. The normalized spacial score (nSPS) is 24.6. The summed E-state index contributed by atoms with van der Waals surface area (Å²) in [6.07, 6.45) is 1.91. The van der Waals surface area contributed by atoms with E-state index in [1.807, 2.05) is 54.6 Å². The molecule has 1 spiro atoms. The van der Waals surface area contributed by atoms with Crippen molar-refractivity contribution in [2.45, 2.75) is 18.1 Å². The lowest BCUT2D eigenvalue weighted by Crippen LogP contribution is -2.24. The lowest BCUT2D eigenvalue weighted by atomic mass is 9.95. The van der Waals surface area contributed by atoms with Crippen LogP contribution in [0.15, 0.2) is 60.3 Å². The van der Waals surface area contributed by atoms with Crippen molar-refractivity contribution in [3.63, 3.8) is 0 Å². The van der Waals surface area contributed by atoms with Crippen LogP contribution in [0.1, 0.15) is 29.2 Å². The van der Waals surface area contributed by atoms with Crippen LogP contribution >= 0.6 is 11.6 Å². The predicted octanol–water partition coefficient (Wildman–Crippen LogP) is 3.44. The summed E-state index contributed by atoms with van der Waals surface area (Å²) >= 11 is 5.96. The SMILES string of the molecule is OC1CC2(C=C(C#Cc3cccc(Cl)c3)NO2)c2ccccc21. The number of fused-ring (bicyclic) bond motifs is 2. The van der Waals surface area contributed by atoms with Gasteiger partial charge >= 0.3 is 0 Å². The lowest BCUT2D eigenvalue weighted by Gasteiger charge is -2.20. The third kappa shape index (κ3) is 2.51. The number of nitrogens with one attached hydrogen (secondary N) is 1. The molecule has 2 N–H and O–H groups in total. The number of hydroxylamine groups is 1. The molecule has 2 atom stereocenters. The van der Waals surface area contributed by atoms with Gasteiger partial charge in [-0.25, -0.2) is 0 Å². The van der Waals surface area contributed by atoms with E-state index in [-0.39, 0.29) is 0 Å². The first kappa shape index (κ1) is 14.3. The molecular weight excluding hydrogens is 310 g/mol. The zero-order valence-electron chi connectivity index (χ0n) is 12.2. The van der Waals surface area contributed by atoms with Crippen LogP contribution in [0.2, 0.25) is 5.02 Å². The first-order chi connectivity index (χ1) is 11.2. The van der Waals surface area contributed by atoms with Gasteiger partial charge in [0.1, 0.15) is 11.3 Å². The summed E-state index contributed by atoms with van der Waals surface area (Å²) in [6, 6.07) is 15.2. The van der Waals surface area contributed by atoms with Crippen LogP contribution in [0, 0.1) is 11.8 Å². The Kier molecular flexibility index (Phi) is 3.39. The van der Waals surface area contributed by atoms with Crippen LogP contribution in [0.4, 0.5) is 0 Å². The topological polar surface area (TPSA) is 41.5 Å². The summed E-state index contributed by atoms with van der Waals surface area (Å²) < 4.78 is 0. The second-order valence-electron chi connectivity index (χ2n) is 5.72. The molecule has 0 fully saturated rings. The summed E-state index contributed by atoms with van der Waals surface area (Å²) in [5, 5.41) is 10.9. The van der Waals surface area contributed by atoms with Gasteiger partial charge in [-0.1, -0.05) is 47.9 Å². The van der Waals surface area contributed by atoms with Crippen LogP contribution in [0.3, 0.4) is 0 Å². The number of aliphatic hydroxyl groups is 1. The van der Waals surface area contributed by atoms with Gasteiger partial charge in [0.25, 0.3) is 0 Å². The largest absolute Gasteiger partial charge is 0.388 e. The molecule has 1 heterocycles. The first-order valence-corrected chi connectivity index (χ1v) is 7.76. The maximum absolute atomic E-state index is 10.2. The van der Waals surface area contributed by atoms with Crippen molar-refractivity contribution in [2.24, 2.45) is 0 Å². The van der Waals surface area contributed by atoms with Crippen LogP contribution in [0.25, 0.3) is 0 Å². The summed E-state index contributed by atoms with van der Waals surface area (Å²) in [4.78, 5) is 5.79. The van der Waals surface area contributed by atoms with Gasteiger partial charge in [0.2, 0.25) is 0 Å². The average molecular weight is 324 g/mol. The molecule has 0 bridgehead atoms. The molecule has 4 rings (SSSR count). The van der Waals surface area contributed by atoms with E-state index in [0.29, 0.717) is 17.1 Å². The van der Waals surface area contributed by atoms with Gasteiger partial charge in [-0.3, -0.25) is 10.3 Å². The Morgan fingerprint density at radius 2 is 2.04 bits per heavy atom. The molecule has 114 valence electrons. The maximum atomic E-state index is 10.2. The minimum absolute atomic E-state index is 0.488. The summed E-state index contributed by atoms with van der Waals surface area (Å²) in [5.41, 5.74) is 5.66. The Balaban J connectivity index is 1.66. The van der Waals surface area contributed by atoms with Gasteiger partial charge in [0, 0.05) is 17.0 Å². The number of hydrogen-bond acceptors (Lipinski definition) is 3. The predicted molar refractivity (Wildman–Crippen MR) is 88.3 cm³/mol. The summed E-state index contributed by atoms with van der Waals surface area (Å²) in [7, 11) is 0. The molecular formula is C19H14ClNO2. The number of benzene rings is 2. The molecule has 1 aliphatic carbocycles. The van der Waals surface area contributed by atoms with E-state index in [1.54, 1.807) is 0 Å². The van der Waals surface area contributed by atoms with Crippen molar-refractivity contribution in [3.8, 4) is 11.8 Å². The van der Waals surface area contributed by atoms with Crippen LogP contribution in [-0.2, 0) is 10.4 Å². The molecule has 3 nitrogen and oxygen atoms in total. The van der Waals surface area contributed by atoms with Crippen molar-refractivity contribution in [1.29, 1.82) is 0 Å². The van der Waals surface area contributed by atoms with Gasteiger partial charge in [0.05, 0.1) is 6.10 Å². The molecule has 2 unspecified atom stereocenters. The number of halogens is 1. The van der Waals surface area contributed by atoms with Crippen molar-refractivity contribution >= 4 is 11.6 Å². The summed E-state index contributed by atoms with van der Waals surface area (Å²) in [5.74, 6) is 6.12. The Morgan fingerprint density at radius 1 is 1.17 bits per heavy atom. The smallest absolute Gasteiger partial charge is 0.145 e. The van der Waals surface area contributed by atoms with Crippen molar-refractivity contribution < 1.29 is 9.94 Å². The molecule has 0 saturated carbocycles. The zero-order valence-corrected chi connectivity index (χ0v) is 13.0. The second-order valence-corrected chi connectivity index (χ2v) is 6.16. The third-order valence-corrected chi connectivity index (χ3v) is 4.39. The summed E-state index contributed by atoms with van der Waals surface area (Å²) in [6.45, 7) is 0. The monoisotopic (exact) mass is 323 g/mol. The molecule has 23 heavy (non-hydrogen) atoms. The molecule has 1 aliphatic heterocycles. The lowest BCUT2D eigenvalue weighted by molar-refractivity contribution is -0.0564. The quantitative estimate of drug-likeness (QED) is 0.730. The van der Waals surface area contributed by atoms with Crippen molar-refractivity contribution in [2.75, 3.05) is 0 Å². The fourth-order valence-corrected chi connectivity index (χ4v) is 3.31. The standard InChI is InChI=1S/C19H14ClNO2/c20-14-5-3-4-13(10-14)8-9-15-11-19(23-21-15)12-18(22)16-6-1-2-7-17(16)19/h1-7,10-11,18,21-22H,12H2. The highest BCUT2D eigenvalue weighted by atomic mass is 35.5. The maximum Gasteiger partial charge on any atom is 0.145 e.